The molecule has 6 heteroatoms. The lowest BCUT2D eigenvalue weighted by Gasteiger charge is -2.38. The summed E-state index contributed by atoms with van der Waals surface area (Å²) in [6.07, 6.45) is 0.696. The van der Waals surface area contributed by atoms with Gasteiger partial charge in [0.25, 0.3) is 0 Å². The van der Waals surface area contributed by atoms with Gasteiger partial charge in [-0.05, 0) is 12.0 Å². The van der Waals surface area contributed by atoms with Crippen molar-refractivity contribution in [3.8, 4) is 0 Å². The molecule has 1 aliphatic heterocycles. The van der Waals surface area contributed by atoms with E-state index < -0.39 is 5.97 Å². The van der Waals surface area contributed by atoms with Crippen molar-refractivity contribution in [1.29, 1.82) is 0 Å². The highest BCUT2D eigenvalue weighted by atomic mass is 16.4. The molecule has 0 spiro atoms. The molecule has 1 saturated heterocycles. The van der Waals surface area contributed by atoms with Gasteiger partial charge in [-0.15, -0.1) is 0 Å². The van der Waals surface area contributed by atoms with Crippen LogP contribution in [0.3, 0.4) is 0 Å². The standard InChI is InChI=1S/C16H20N2O4/c1-18-13(19)8-7-12(16(22)17-10-9-14(20)21)15(18)11-5-3-2-4-6-11/h2-6,12,15H,7-10H2,1H3,(H,17,22)(H,20,21). The second-order valence-corrected chi connectivity index (χ2v) is 5.44. The molecule has 0 aromatic heterocycles. The lowest BCUT2D eigenvalue weighted by Crippen LogP contribution is -2.46. The fourth-order valence-corrected chi connectivity index (χ4v) is 2.84. The van der Waals surface area contributed by atoms with Crippen molar-refractivity contribution in [2.75, 3.05) is 13.6 Å². The normalized spacial score (nSPS) is 21.5. The summed E-state index contributed by atoms with van der Waals surface area (Å²) in [5.41, 5.74) is 0.913. The number of nitrogens with one attached hydrogen (secondary N) is 1. The minimum Gasteiger partial charge on any atom is -0.481 e. The second kappa shape index (κ2) is 7.06. The second-order valence-electron chi connectivity index (χ2n) is 5.44. The Labute approximate surface area is 129 Å². The van der Waals surface area contributed by atoms with Crippen LogP contribution in [-0.4, -0.2) is 41.4 Å². The lowest BCUT2D eigenvalue weighted by atomic mass is 9.84. The van der Waals surface area contributed by atoms with Crippen LogP contribution in [0.2, 0.25) is 0 Å². The summed E-state index contributed by atoms with van der Waals surface area (Å²) >= 11 is 0. The first-order chi connectivity index (χ1) is 10.5. The smallest absolute Gasteiger partial charge is 0.305 e. The van der Waals surface area contributed by atoms with E-state index in [9.17, 15) is 14.4 Å². The maximum absolute atomic E-state index is 12.4. The Morgan fingerprint density at radius 3 is 2.64 bits per heavy atom. The predicted molar refractivity (Wildman–Crippen MR) is 79.9 cm³/mol. The van der Waals surface area contributed by atoms with Crippen LogP contribution in [0.5, 0.6) is 0 Å². The number of piperidine rings is 1. The fraction of sp³-hybridized carbons (Fsp3) is 0.438. The van der Waals surface area contributed by atoms with E-state index in [0.717, 1.165) is 5.56 Å². The molecule has 2 unspecified atom stereocenters. The van der Waals surface area contributed by atoms with Crippen LogP contribution in [0, 0.1) is 5.92 Å². The van der Waals surface area contributed by atoms with Crippen molar-refractivity contribution < 1.29 is 19.5 Å². The third-order valence-corrected chi connectivity index (χ3v) is 3.98. The van der Waals surface area contributed by atoms with Crippen molar-refractivity contribution in [1.82, 2.24) is 10.2 Å². The number of carboxylic acid groups (broad SMARTS) is 1. The number of hydrogen-bond acceptors (Lipinski definition) is 3. The monoisotopic (exact) mass is 304 g/mol. The zero-order chi connectivity index (χ0) is 16.1. The van der Waals surface area contributed by atoms with Crippen LogP contribution in [0.25, 0.3) is 0 Å². The summed E-state index contributed by atoms with van der Waals surface area (Å²) in [7, 11) is 1.71. The van der Waals surface area contributed by atoms with Gasteiger partial charge in [0.15, 0.2) is 0 Å². The molecule has 6 nitrogen and oxygen atoms in total. The summed E-state index contributed by atoms with van der Waals surface area (Å²) in [6, 6.07) is 9.13. The average Bonchev–Trinajstić information content (AvgIpc) is 2.50. The largest absolute Gasteiger partial charge is 0.481 e. The Kier molecular flexibility index (Phi) is 5.14. The predicted octanol–water partition coefficient (Wildman–Crippen LogP) is 1.19. The Morgan fingerprint density at radius 2 is 2.00 bits per heavy atom. The molecule has 0 saturated carbocycles. The zero-order valence-corrected chi connectivity index (χ0v) is 12.5. The molecule has 0 radical (unpaired) electrons. The Balaban J connectivity index is 2.14. The Hall–Kier alpha value is -2.37. The SMILES string of the molecule is CN1C(=O)CCC(C(=O)NCCC(=O)O)C1c1ccccc1. The third kappa shape index (κ3) is 3.63. The summed E-state index contributed by atoms with van der Waals surface area (Å²) in [6.45, 7) is 0.101. The van der Waals surface area contributed by atoms with Gasteiger partial charge >= 0.3 is 5.97 Å². The Bertz CT molecular complexity index is 559. The van der Waals surface area contributed by atoms with E-state index in [1.165, 1.54) is 0 Å². The summed E-state index contributed by atoms with van der Waals surface area (Å²) in [5, 5.41) is 11.3. The molecule has 118 valence electrons. The van der Waals surface area contributed by atoms with E-state index >= 15 is 0 Å². The highest BCUT2D eigenvalue weighted by Gasteiger charge is 2.38. The van der Waals surface area contributed by atoms with Gasteiger partial charge in [-0.2, -0.15) is 0 Å². The van der Waals surface area contributed by atoms with E-state index in [-0.39, 0.29) is 36.7 Å². The number of hydrogen-bond donors (Lipinski definition) is 2. The van der Waals surface area contributed by atoms with Crippen molar-refractivity contribution in [2.24, 2.45) is 5.92 Å². The number of carboxylic acids is 1. The van der Waals surface area contributed by atoms with Gasteiger partial charge in [0.1, 0.15) is 0 Å². The minimum atomic E-state index is -0.948. The maximum Gasteiger partial charge on any atom is 0.305 e. The number of carbonyl (C=O) groups is 3. The number of rotatable bonds is 5. The van der Waals surface area contributed by atoms with E-state index in [1.807, 2.05) is 30.3 Å². The molecule has 1 heterocycles. The molecule has 1 fully saturated rings. The van der Waals surface area contributed by atoms with Gasteiger partial charge in [-0.25, -0.2) is 0 Å². The highest BCUT2D eigenvalue weighted by molar-refractivity contribution is 5.85. The first-order valence-corrected chi connectivity index (χ1v) is 7.31. The first-order valence-electron chi connectivity index (χ1n) is 7.31. The number of likely N-dealkylation sites (tertiary alicyclic amines) is 1. The van der Waals surface area contributed by atoms with Gasteiger partial charge in [-0.1, -0.05) is 30.3 Å². The Morgan fingerprint density at radius 1 is 1.32 bits per heavy atom. The number of amides is 2. The van der Waals surface area contributed by atoms with Crippen LogP contribution in [0.1, 0.15) is 30.9 Å². The molecule has 2 rings (SSSR count). The fourth-order valence-electron chi connectivity index (χ4n) is 2.84. The van der Waals surface area contributed by atoms with E-state index in [2.05, 4.69) is 5.32 Å². The average molecular weight is 304 g/mol. The zero-order valence-electron chi connectivity index (χ0n) is 12.5. The minimum absolute atomic E-state index is 0.0171. The van der Waals surface area contributed by atoms with E-state index in [1.54, 1.807) is 11.9 Å². The molecule has 0 bridgehead atoms. The number of nitrogens with zero attached hydrogens (tertiary/aromatic N) is 1. The quantitative estimate of drug-likeness (QED) is 0.855. The molecular formula is C16H20N2O4. The van der Waals surface area contributed by atoms with E-state index in [4.69, 9.17) is 5.11 Å². The lowest BCUT2D eigenvalue weighted by molar-refractivity contribution is -0.141. The molecule has 1 aromatic rings. The molecule has 22 heavy (non-hydrogen) atoms. The molecular weight excluding hydrogens is 284 g/mol. The van der Waals surface area contributed by atoms with E-state index in [0.29, 0.717) is 12.8 Å². The maximum atomic E-state index is 12.4. The number of carbonyl (C=O) groups excluding carboxylic acids is 2. The van der Waals surface area contributed by atoms with Crippen molar-refractivity contribution in [3.63, 3.8) is 0 Å². The van der Waals surface area contributed by atoms with Crippen LogP contribution in [-0.2, 0) is 14.4 Å². The summed E-state index contributed by atoms with van der Waals surface area (Å²) in [5.74, 6) is -1.49. The molecule has 2 N–H and O–H groups in total. The first kappa shape index (κ1) is 16.0. The topological polar surface area (TPSA) is 86.7 Å². The van der Waals surface area contributed by atoms with Gasteiger partial charge in [0.05, 0.1) is 18.4 Å². The third-order valence-electron chi connectivity index (χ3n) is 3.98. The molecule has 1 aliphatic rings. The van der Waals surface area contributed by atoms with Crippen LogP contribution in [0.15, 0.2) is 30.3 Å². The molecule has 2 amide bonds. The van der Waals surface area contributed by atoms with Crippen LogP contribution >= 0.6 is 0 Å². The summed E-state index contributed by atoms with van der Waals surface area (Å²) in [4.78, 5) is 36.5. The van der Waals surface area contributed by atoms with Crippen molar-refractivity contribution in [2.45, 2.75) is 25.3 Å². The van der Waals surface area contributed by atoms with Gasteiger partial charge in [0, 0.05) is 20.0 Å². The summed E-state index contributed by atoms with van der Waals surface area (Å²) < 4.78 is 0. The van der Waals surface area contributed by atoms with Crippen LogP contribution in [0.4, 0.5) is 0 Å². The van der Waals surface area contributed by atoms with Gasteiger partial charge in [-0.3, -0.25) is 14.4 Å². The van der Waals surface area contributed by atoms with Crippen molar-refractivity contribution >= 4 is 17.8 Å². The molecule has 0 aliphatic carbocycles. The van der Waals surface area contributed by atoms with Crippen LogP contribution < -0.4 is 5.32 Å². The van der Waals surface area contributed by atoms with Gasteiger partial charge in [0.2, 0.25) is 11.8 Å². The van der Waals surface area contributed by atoms with Gasteiger partial charge < -0.3 is 15.3 Å². The highest BCUT2D eigenvalue weighted by Crippen LogP contribution is 2.35. The van der Waals surface area contributed by atoms with Crippen molar-refractivity contribution in [3.05, 3.63) is 35.9 Å². The number of aliphatic carboxylic acids is 1. The number of benzene rings is 1. The molecule has 2 atom stereocenters. The molecule has 1 aromatic carbocycles.